The Morgan fingerprint density at radius 3 is 2.35 bits per heavy atom. The van der Waals surface area contributed by atoms with Crippen LogP contribution in [0.5, 0.6) is 0 Å². The number of benzene rings is 3. The molecular formula is C20H16ClNO3S. The Hall–Kier alpha value is -2.63. The van der Waals surface area contributed by atoms with Crippen LogP contribution in [0.1, 0.15) is 21.5 Å². The van der Waals surface area contributed by atoms with Crippen molar-refractivity contribution in [2.45, 2.75) is 11.8 Å². The van der Waals surface area contributed by atoms with Crippen LogP contribution < -0.4 is 4.72 Å². The zero-order valence-electron chi connectivity index (χ0n) is 13.9. The Morgan fingerprint density at radius 1 is 0.923 bits per heavy atom. The summed E-state index contributed by atoms with van der Waals surface area (Å²) in [4.78, 5) is 12.9. The molecule has 0 saturated carbocycles. The molecule has 0 heterocycles. The number of sulfonamides is 1. The van der Waals surface area contributed by atoms with Gasteiger partial charge in [0.25, 0.3) is 10.0 Å². The van der Waals surface area contributed by atoms with Crippen molar-refractivity contribution in [1.82, 2.24) is 0 Å². The maximum absolute atomic E-state index is 12.8. The van der Waals surface area contributed by atoms with E-state index >= 15 is 0 Å². The van der Waals surface area contributed by atoms with Gasteiger partial charge in [-0.2, -0.15) is 0 Å². The van der Waals surface area contributed by atoms with E-state index < -0.39 is 10.0 Å². The molecule has 0 aliphatic heterocycles. The van der Waals surface area contributed by atoms with Crippen LogP contribution in [-0.4, -0.2) is 14.2 Å². The summed E-state index contributed by atoms with van der Waals surface area (Å²) in [5.74, 6) is -0.310. The highest BCUT2D eigenvalue weighted by atomic mass is 35.5. The molecule has 0 unspecified atom stereocenters. The van der Waals surface area contributed by atoms with Gasteiger partial charge in [-0.1, -0.05) is 54.1 Å². The Bertz CT molecular complexity index is 1060. The number of carbonyl (C=O) groups is 1. The van der Waals surface area contributed by atoms with E-state index in [9.17, 15) is 13.2 Å². The Balaban J connectivity index is 2.02. The fraction of sp³-hybridized carbons (Fsp3) is 0.0500. The number of hydrogen-bond donors (Lipinski definition) is 1. The van der Waals surface area contributed by atoms with E-state index in [0.717, 1.165) is 5.56 Å². The third kappa shape index (κ3) is 3.95. The summed E-state index contributed by atoms with van der Waals surface area (Å²) in [5.41, 5.74) is 1.65. The molecule has 4 nitrogen and oxygen atoms in total. The quantitative estimate of drug-likeness (QED) is 0.648. The second kappa shape index (κ2) is 7.32. The Kier molecular flexibility index (Phi) is 5.11. The third-order valence-electron chi connectivity index (χ3n) is 3.81. The first-order valence-corrected chi connectivity index (χ1v) is 9.72. The van der Waals surface area contributed by atoms with E-state index in [0.29, 0.717) is 10.6 Å². The van der Waals surface area contributed by atoms with Gasteiger partial charge < -0.3 is 0 Å². The van der Waals surface area contributed by atoms with Crippen LogP contribution in [0.4, 0.5) is 5.69 Å². The van der Waals surface area contributed by atoms with Gasteiger partial charge in [-0.3, -0.25) is 9.52 Å². The number of nitrogens with one attached hydrogen (secondary N) is 1. The van der Waals surface area contributed by atoms with Crippen LogP contribution in [-0.2, 0) is 10.0 Å². The molecule has 0 aliphatic carbocycles. The van der Waals surface area contributed by atoms with Gasteiger partial charge in [0.2, 0.25) is 0 Å². The highest BCUT2D eigenvalue weighted by molar-refractivity contribution is 7.92. The fourth-order valence-corrected chi connectivity index (χ4v) is 3.88. The van der Waals surface area contributed by atoms with Gasteiger partial charge >= 0.3 is 0 Å². The summed E-state index contributed by atoms with van der Waals surface area (Å²) in [5, 5.41) is 0.350. The zero-order chi connectivity index (χ0) is 18.7. The van der Waals surface area contributed by atoms with E-state index in [4.69, 9.17) is 11.6 Å². The monoisotopic (exact) mass is 385 g/mol. The van der Waals surface area contributed by atoms with Crippen molar-refractivity contribution in [3.8, 4) is 0 Å². The van der Waals surface area contributed by atoms with E-state index in [-0.39, 0.29) is 21.9 Å². The molecule has 0 bridgehead atoms. The molecule has 0 aliphatic rings. The molecule has 3 aromatic rings. The van der Waals surface area contributed by atoms with Crippen LogP contribution in [0.25, 0.3) is 0 Å². The topological polar surface area (TPSA) is 63.2 Å². The van der Waals surface area contributed by atoms with Gasteiger partial charge in [-0.15, -0.1) is 0 Å². The third-order valence-corrected chi connectivity index (χ3v) is 5.40. The highest BCUT2D eigenvalue weighted by Crippen LogP contribution is 2.26. The number of anilines is 1. The molecule has 1 N–H and O–H groups in total. The fourth-order valence-electron chi connectivity index (χ4n) is 2.52. The van der Waals surface area contributed by atoms with Crippen LogP contribution in [0.3, 0.4) is 0 Å². The SMILES string of the molecule is Cc1cccc(S(=O)(=O)Nc2ccc(Cl)cc2C(=O)c2ccccc2)c1. The molecule has 6 heteroatoms. The van der Waals surface area contributed by atoms with Gasteiger partial charge in [-0.05, 0) is 42.8 Å². The maximum Gasteiger partial charge on any atom is 0.261 e. The minimum absolute atomic E-state index is 0.130. The number of halogens is 1. The lowest BCUT2D eigenvalue weighted by molar-refractivity contribution is 0.103. The standard InChI is InChI=1S/C20H16ClNO3S/c1-14-6-5-9-17(12-14)26(24,25)22-19-11-10-16(21)13-18(19)20(23)15-7-3-2-4-8-15/h2-13,22H,1H3. The number of aryl methyl sites for hydroxylation is 1. The van der Waals surface area contributed by atoms with Crippen molar-refractivity contribution in [1.29, 1.82) is 0 Å². The minimum atomic E-state index is -3.83. The van der Waals surface area contributed by atoms with Gasteiger partial charge in [0.1, 0.15) is 0 Å². The molecule has 26 heavy (non-hydrogen) atoms. The minimum Gasteiger partial charge on any atom is -0.289 e. The molecule has 132 valence electrons. The number of carbonyl (C=O) groups excluding carboxylic acids is 1. The normalized spacial score (nSPS) is 11.2. The summed E-state index contributed by atoms with van der Waals surface area (Å²) < 4.78 is 27.9. The molecule has 0 saturated heterocycles. The first-order chi connectivity index (χ1) is 12.4. The van der Waals surface area contributed by atoms with Crippen molar-refractivity contribution in [3.05, 3.63) is 94.5 Å². The number of hydrogen-bond acceptors (Lipinski definition) is 3. The second-order valence-corrected chi connectivity index (χ2v) is 7.93. The van der Waals surface area contributed by atoms with E-state index in [2.05, 4.69) is 4.72 Å². The van der Waals surface area contributed by atoms with Crippen molar-refractivity contribution in [3.63, 3.8) is 0 Å². The molecule has 0 fully saturated rings. The molecule has 0 aromatic heterocycles. The lowest BCUT2D eigenvalue weighted by Gasteiger charge is -2.13. The van der Waals surface area contributed by atoms with Crippen LogP contribution in [0, 0.1) is 6.92 Å². The summed E-state index contributed by atoms with van der Waals surface area (Å²) in [6, 6.07) is 19.7. The van der Waals surface area contributed by atoms with Gasteiger partial charge in [-0.25, -0.2) is 8.42 Å². The van der Waals surface area contributed by atoms with E-state index in [1.54, 1.807) is 42.5 Å². The molecule has 3 aromatic carbocycles. The molecular weight excluding hydrogens is 370 g/mol. The van der Waals surface area contributed by atoms with Crippen LogP contribution in [0.2, 0.25) is 5.02 Å². The van der Waals surface area contributed by atoms with Crippen molar-refractivity contribution < 1.29 is 13.2 Å². The lowest BCUT2D eigenvalue weighted by atomic mass is 10.0. The van der Waals surface area contributed by atoms with Crippen molar-refractivity contribution >= 4 is 33.1 Å². The van der Waals surface area contributed by atoms with Gasteiger partial charge in [0.15, 0.2) is 5.78 Å². The van der Waals surface area contributed by atoms with Gasteiger partial charge in [0.05, 0.1) is 10.6 Å². The predicted molar refractivity (Wildman–Crippen MR) is 103 cm³/mol. The molecule has 0 amide bonds. The summed E-state index contributed by atoms with van der Waals surface area (Å²) in [6.07, 6.45) is 0. The first-order valence-electron chi connectivity index (χ1n) is 7.85. The summed E-state index contributed by atoms with van der Waals surface area (Å²) >= 11 is 6.03. The van der Waals surface area contributed by atoms with Crippen molar-refractivity contribution in [2.24, 2.45) is 0 Å². The lowest BCUT2D eigenvalue weighted by Crippen LogP contribution is -2.16. The van der Waals surface area contributed by atoms with Crippen LogP contribution >= 0.6 is 11.6 Å². The Labute approximate surface area is 157 Å². The average Bonchev–Trinajstić information content (AvgIpc) is 2.63. The molecule has 0 atom stereocenters. The van der Waals surface area contributed by atoms with E-state index in [1.807, 2.05) is 13.0 Å². The zero-order valence-corrected chi connectivity index (χ0v) is 15.5. The molecule has 3 rings (SSSR count). The smallest absolute Gasteiger partial charge is 0.261 e. The number of rotatable bonds is 5. The number of ketones is 1. The summed E-state index contributed by atoms with van der Waals surface area (Å²) in [7, 11) is -3.83. The van der Waals surface area contributed by atoms with Crippen LogP contribution in [0.15, 0.2) is 77.7 Å². The maximum atomic E-state index is 12.8. The predicted octanol–water partition coefficient (Wildman–Crippen LogP) is 4.68. The molecule has 0 spiro atoms. The molecule has 0 radical (unpaired) electrons. The van der Waals surface area contributed by atoms with Gasteiger partial charge in [0, 0.05) is 16.1 Å². The van der Waals surface area contributed by atoms with Crippen molar-refractivity contribution in [2.75, 3.05) is 4.72 Å². The highest BCUT2D eigenvalue weighted by Gasteiger charge is 2.20. The Morgan fingerprint density at radius 2 is 1.65 bits per heavy atom. The van der Waals surface area contributed by atoms with E-state index in [1.165, 1.54) is 24.3 Å². The largest absolute Gasteiger partial charge is 0.289 e. The average molecular weight is 386 g/mol. The summed E-state index contributed by atoms with van der Waals surface area (Å²) in [6.45, 7) is 1.81. The first kappa shape index (κ1) is 18.2. The second-order valence-electron chi connectivity index (χ2n) is 5.81.